The van der Waals surface area contributed by atoms with E-state index in [2.05, 4.69) is 25.6 Å². The topological polar surface area (TPSA) is 124 Å². The van der Waals surface area contributed by atoms with Gasteiger partial charge in [-0.3, -0.25) is 14.2 Å². The molecule has 15 heteroatoms. The molecule has 10 nitrogen and oxygen atoms in total. The first kappa shape index (κ1) is 24.3. The summed E-state index contributed by atoms with van der Waals surface area (Å²) in [6.45, 7) is 1.53. The Hall–Kier alpha value is -2.78. The molecule has 0 bridgehead atoms. The first-order valence-electron chi connectivity index (χ1n) is 10.4. The normalized spacial score (nSPS) is 20.7. The molecule has 186 valence electrons. The van der Waals surface area contributed by atoms with Crippen LogP contribution < -0.4 is 10.1 Å². The molecule has 3 aromatic rings. The molecule has 0 radical (unpaired) electrons. The molecule has 1 unspecified atom stereocenters. The zero-order valence-corrected chi connectivity index (χ0v) is 18.8. The Labute approximate surface area is 194 Å². The number of aromatic amines is 1. The molecule has 1 aliphatic heterocycles. The number of H-pyrrole nitrogens is 1. The Morgan fingerprint density at radius 1 is 1.41 bits per heavy atom. The lowest BCUT2D eigenvalue weighted by Gasteiger charge is -2.37. The molecule has 4 rings (SSSR count). The van der Waals surface area contributed by atoms with Crippen molar-refractivity contribution in [1.29, 1.82) is 0 Å². The van der Waals surface area contributed by atoms with E-state index in [1.54, 1.807) is 12.1 Å². The highest BCUT2D eigenvalue weighted by molar-refractivity contribution is 7.79. The smallest absolute Gasteiger partial charge is 0.340 e. The Morgan fingerprint density at radius 3 is 2.85 bits per heavy atom. The van der Waals surface area contributed by atoms with Crippen molar-refractivity contribution in [2.45, 2.75) is 31.7 Å². The molecule has 0 aliphatic carbocycles. The summed E-state index contributed by atoms with van der Waals surface area (Å²) in [4.78, 5) is 6.19. The zero-order valence-electron chi connectivity index (χ0n) is 18.0. The van der Waals surface area contributed by atoms with Gasteiger partial charge in [-0.25, -0.2) is 8.78 Å². The van der Waals surface area contributed by atoms with Crippen LogP contribution in [0.4, 0.5) is 23.5 Å². The summed E-state index contributed by atoms with van der Waals surface area (Å²) < 4.78 is 80.8. The van der Waals surface area contributed by atoms with E-state index in [-0.39, 0.29) is 35.3 Å². The lowest BCUT2D eigenvalue weighted by atomic mass is 9.94. The van der Waals surface area contributed by atoms with Gasteiger partial charge >= 0.3 is 12.3 Å². The van der Waals surface area contributed by atoms with Crippen molar-refractivity contribution in [1.82, 2.24) is 29.7 Å². The highest BCUT2D eigenvalue weighted by Gasteiger charge is 2.42. The summed E-state index contributed by atoms with van der Waals surface area (Å²) in [7, 11) is 0. The Kier molecular flexibility index (Phi) is 7.04. The van der Waals surface area contributed by atoms with Gasteiger partial charge in [-0.2, -0.15) is 23.4 Å². The van der Waals surface area contributed by atoms with Crippen molar-refractivity contribution in [2.75, 3.05) is 30.9 Å². The first-order valence-corrected chi connectivity index (χ1v) is 11.6. The van der Waals surface area contributed by atoms with Crippen LogP contribution in [0.5, 0.6) is 5.88 Å². The van der Waals surface area contributed by atoms with Crippen molar-refractivity contribution in [2.24, 2.45) is 5.92 Å². The number of hydrogen-bond acceptors (Lipinski definition) is 8. The van der Waals surface area contributed by atoms with Gasteiger partial charge in [0.15, 0.2) is 12.3 Å². The van der Waals surface area contributed by atoms with Crippen molar-refractivity contribution < 1.29 is 31.1 Å². The summed E-state index contributed by atoms with van der Waals surface area (Å²) in [6, 6.07) is 3.09. The maximum atomic E-state index is 13.6. The maximum absolute atomic E-state index is 13.6. The molecule has 34 heavy (non-hydrogen) atoms. The number of rotatable bonds is 9. The molecule has 1 saturated heterocycles. The molecule has 1 fully saturated rings. The number of nitrogens with zero attached hydrogens (tertiary/aromatic N) is 5. The third-order valence-corrected chi connectivity index (χ3v) is 6.15. The van der Waals surface area contributed by atoms with Crippen molar-refractivity contribution in [3.8, 4) is 17.0 Å². The number of aromatic nitrogens is 5. The number of alkyl halides is 4. The van der Waals surface area contributed by atoms with E-state index in [0.29, 0.717) is 30.6 Å². The molecular weight excluding hydrogens is 482 g/mol. The fourth-order valence-electron chi connectivity index (χ4n) is 3.85. The van der Waals surface area contributed by atoms with Crippen molar-refractivity contribution in [3.05, 3.63) is 24.5 Å². The number of ether oxygens (including phenoxy) is 1. The quantitative estimate of drug-likeness (QED) is 0.336. The molecule has 0 amide bonds. The summed E-state index contributed by atoms with van der Waals surface area (Å²) in [6.07, 6.45) is -0.319. The monoisotopic (exact) mass is 504 g/mol. The van der Waals surface area contributed by atoms with E-state index < -0.39 is 30.0 Å². The first-order chi connectivity index (χ1) is 16.1. The van der Waals surface area contributed by atoms with Crippen molar-refractivity contribution in [3.63, 3.8) is 0 Å². The van der Waals surface area contributed by atoms with Crippen LogP contribution in [-0.2, 0) is 11.1 Å². The van der Waals surface area contributed by atoms with Crippen LogP contribution in [-0.4, -0.2) is 82.4 Å². The number of likely N-dealkylation sites (tertiary alicyclic amines) is 1. The second-order valence-electron chi connectivity index (χ2n) is 8.12. The van der Waals surface area contributed by atoms with Gasteiger partial charge in [0.25, 0.3) is 0 Å². The average molecular weight is 504 g/mol. The number of hydrogen-bond donors (Lipinski definition) is 2. The van der Waals surface area contributed by atoms with Crippen LogP contribution in [0.25, 0.3) is 16.8 Å². The summed E-state index contributed by atoms with van der Waals surface area (Å²) >= 11 is -2.16. The standard InChI is InChI=1S/C19H23F4N7O3S/c1-11-8-29(10-34(31)32)5-4-14(11)26-18-27-15-3-2-13(12-6-24-25-7-12)16(30(15)28-18)33-9-19(22,23)17(20)21/h2-3,6-7,11,14,17H,4-5,8-10H2,1H3,(H,24,25)(H,26,28)(H,31,32)/p-1/t11-,14+/m1/s1. The highest BCUT2D eigenvalue weighted by atomic mass is 32.2. The largest absolute Gasteiger partial charge is 0.771 e. The van der Waals surface area contributed by atoms with Gasteiger partial charge in [-0.05, 0) is 35.6 Å². The molecule has 3 aromatic heterocycles. The minimum absolute atomic E-state index is 0.0373. The number of pyridine rings is 1. The predicted octanol–water partition coefficient (Wildman–Crippen LogP) is 2.36. The third-order valence-electron chi connectivity index (χ3n) is 5.58. The third kappa shape index (κ3) is 5.31. The summed E-state index contributed by atoms with van der Waals surface area (Å²) in [5.41, 5.74) is 1.06. The maximum Gasteiger partial charge on any atom is 0.340 e. The predicted molar refractivity (Wildman–Crippen MR) is 114 cm³/mol. The SMILES string of the molecule is C[C@@H]1CN(CS(=O)[O-])CC[C@@H]1Nc1nc2ccc(-c3cn[nH]c3)c(OCC(F)(F)C(F)F)n2n1. The molecule has 2 N–H and O–H groups in total. The van der Waals surface area contributed by atoms with Gasteiger partial charge in [0.2, 0.25) is 11.8 Å². The summed E-state index contributed by atoms with van der Waals surface area (Å²) in [5.74, 6) is -4.29. The van der Waals surface area contributed by atoms with Crippen LogP contribution in [0.3, 0.4) is 0 Å². The second-order valence-corrected chi connectivity index (χ2v) is 8.99. The van der Waals surface area contributed by atoms with Crippen LogP contribution in [0.15, 0.2) is 24.5 Å². The number of piperidine rings is 1. The fourth-order valence-corrected chi connectivity index (χ4v) is 4.38. The van der Waals surface area contributed by atoms with Gasteiger partial charge < -0.3 is 14.6 Å². The Morgan fingerprint density at radius 2 is 2.21 bits per heavy atom. The summed E-state index contributed by atoms with van der Waals surface area (Å²) in [5, 5.41) is 13.9. The molecule has 1 aliphatic rings. The van der Waals surface area contributed by atoms with Gasteiger partial charge in [0.05, 0.1) is 12.1 Å². The van der Waals surface area contributed by atoms with Crippen LogP contribution in [0.2, 0.25) is 0 Å². The second kappa shape index (κ2) is 9.84. The molecule has 0 saturated carbocycles. The lowest BCUT2D eigenvalue weighted by molar-refractivity contribution is -0.148. The van der Waals surface area contributed by atoms with Gasteiger partial charge in [-0.15, -0.1) is 5.10 Å². The van der Waals surface area contributed by atoms with Gasteiger partial charge in [-0.1, -0.05) is 6.92 Å². The lowest BCUT2D eigenvalue weighted by Crippen LogP contribution is -2.46. The fraction of sp³-hybridized carbons (Fsp3) is 0.526. The number of anilines is 1. The minimum atomic E-state index is -4.35. The highest BCUT2D eigenvalue weighted by Crippen LogP contribution is 2.33. The van der Waals surface area contributed by atoms with Gasteiger partial charge in [0.1, 0.15) is 0 Å². The van der Waals surface area contributed by atoms with Crippen LogP contribution in [0.1, 0.15) is 13.3 Å². The van der Waals surface area contributed by atoms with Crippen molar-refractivity contribution >= 4 is 22.7 Å². The molecule has 3 atom stereocenters. The molecule has 0 aromatic carbocycles. The van der Waals surface area contributed by atoms with E-state index in [9.17, 15) is 26.3 Å². The number of fused-ring (bicyclic) bond motifs is 1. The Balaban J connectivity index is 1.59. The molecular formula is C19H22F4N7O3S-. The molecule has 0 spiro atoms. The molecule has 4 heterocycles. The van der Waals surface area contributed by atoms with Gasteiger partial charge in [0, 0.05) is 36.5 Å². The van der Waals surface area contributed by atoms with Crippen LogP contribution in [0, 0.1) is 5.92 Å². The van der Waals surface area contributed by atoms with E-state index in [0.717, 1.165) is 0 Å². The number of nitrogens with one attached hydrogen (secondary N) is 2. The van der Waals surface area contributed by atoms with E-state index in [4.69, 9.17) is 4.74 Å². The van der Waals surface area contributed by atoms with E-state index in [1.165, 1.54) is 16.9 Å². The van der Waals surface area contributed by atoms with E-state index in [1.807, 2.05) is 11.8 Å². The average Bonchev–Trinajstić information content (AvgIpc) is 3.43. The van der Waals surface area contributed by atoms with Crippen LogP contribution >= 0.6 is 0 Å². The Bertz CT molecular complexity index is 1140. The zero-order chi connectivity index (χ0) is 24.5. The minimum Gasteiger partial charge on any atom is -0.771 e. The number of halogens is 4. The van der Waals surface area contributed by atoms with E-state index >= 15 is 0 Å².